The number of rotatable bonds is 3. The van der Waals surface area contributed by atoms with E-state index < -0.39 is 16.2 Å². The van der Waals surface area contributed by atoms with E-state index in [0.29, 0.717) is 0 Å². The van der Waals surface area contributed by atoms with Crippen molar-refractivity contribution in [3.8, 4) is 0 Å². The second-order valence-electron chi connectivity index (χ2n) is 2.73. The Bertz CT molecular complexity index is 360. The highest BCUT2D eigenvalue weighted by atomic mass is 32.2. The first kappa shape index (κ1) is 10.1. The van der Waals surface area contributed by atoms with Crippen molar-refractivity contribution in [1.29, 1.82) is 0 Å². The highest BCUT2D eigenvalue weighted by molar-refractivity contribution is 7.86. The molecule has 4 nitrogen and oxygen atoms in total. The Morgan fingerprint density at radius 3 is 2.69 bits per heavy atom. The molecule has 0 aliphatic rings. The smallest absolute Gasteiger partial charge is 0.264 e. The van der Waals surface area contributed by atoms with Gasteiger partial charge in [0.15, 0.2) is 0 Å². The van der Waals surface area contributed by atoms with Crippen LogP contribution >= 0.6 is 0 Å². The van der Waals surface area contributed by atoms with Gasteiger partial charge in [0.25, 0.3) is 10.1 Å². The summed E-state index contributed by atoms with van der Waals surface area (Å²) < 4.78 is 26.3. The van der Waals surface area contributed by atoms with Crippen molar-refractivity contribution in [2.45, 2.75) is 13.0 Å². The second kappa shape index (κ2) is 3.85. The van der Waals surface area contributed by atoms with Gasteiger partial charge in [0.2, 0.25) is 0 Å². The highest BCUT2D eigenvalue weighted by Gasteiger charge is 2.11. The SMILES string of the molecule is CC(OS(C)(=O)=O)c1cccnc1. The zero-order valence-corrected chi connectivity index (χ0v) is 8.28. The van der Waals surface area contributed by atoms with Gasteiger partial charge >= 0.3 is 0 Å². The fourth-order valence-corrected chi connectivity index (χ4v) is 1.57. The fourth-order valence-electron chi connectivity index (χ4n) is 0.934. The molecule has 0 saturated carbocycles. The lowest BCUT2D eigenvalue weighted by Gasteiger charge is -2.09. The molecule has 0 radical (unpaired) electrons. The molecular weight excluding hydrogens is 190 g/mol. The van der Waals surface area contributed by atoms with E-state index in [1.54, 1.807) is 31.5 Å². The molecule has 13 heavy (non-hydrogen) atoms. The molecule has 1 rings (SSSR count). The Labute approximate surface area is 77.7 Å². The van der Waals surface area contributed by atoms with Gasteiger partial charge in [-0.15, -0.1) is 0 Å². The van der Waals surface area contributed by atoms with Crippen LogP contribution in [0.4, 0.5) is 0 Å². The van der Waals surface area contributed by atoms with Crippen LogP contribution in [0, 0.1) is 0 Å². The molecule has 0 fully saturated rings. The molecule has 1 atom stereocenters. The van der Waals surface area contributed by atoms with Crippen LogP contribution in [0.15, 0.2) is 24.5 Å². The maximum atomic E-state index is 10.8. The Morgan fingerprint density at radius 2 is 2.23 bits per heavy atom. The number of hydrogen-bond donors (Lipinski definition) is 0. The molecular formula is C8H11NO3S. The van der Waals surface area contributed by atoms with E-state index in [1.165, 1.54) is 0 Å². The van der Waals surface area contributed by atoms with Crippen LogP contribution < -0.4 is 0 Å². The predicted octanol–water partition coefficient (Wildman–Crippen LogP) is 1.12. The van der Waals surface area contributed by atoms with Gasteiger partial charge in [-0.1, -0.05) is 6.07 Å². The zero-order valence-electron chi connectivity index (χ0n) is 7.47. The minimum absolute atomic E-state index is 0.483. The largest absolute Gasteiger partial charge is 0.264 e. The fraction of sp³-hybridized carbons (Fsp3) is 0.375. The first-order valence-corrected chi connectivity index (χ1v) is 5.59. The highest BCUT2D eigenvalue weighted by Crippen LogP contribution is 2.16. The van der Waals surface area contributed by atoms with E-state index in [4.69, 9.17) is 4.18 Å². The molecule has 0 aromatic carbocycles. The molecule has 0 aliphatic carbocycles. The van der Waals surface area contributed by atoms with E-state index in [-0.39, 0.29) is 0 Å². The number of nitrogens with zero attached hydrogens (tertiary/aromatic N) is 1. The van der Waals surface area contributed by atoms with Gasteiger partial charge in [-0.2, -0.15) is 8.42 Å². The summed E-state index contributed by atoms with van der Waals surface area (Å²) in [6.45, 7) is 1.66. The van der Waals surface area contributed by atoms with E-state index in [1.807, 2.05) is 0 Å². The summed E-state index contributed by atoms with van der Waals surface area (Å²) in [5, 5.41) is 0. The minimum Gasteiger partial charge on any atom is -0.264 e. The van der Waals surface area contributed by atoms with Crippen molar-refractivity contribution >= 4 is 10.1 Å². The van der Waals surface area contributed by atoms with Crippen LogP contribution in [0.1, 0.15) is 18.6 Å². The van der Waals surface area contributed by atoms with Crippen LogP contribution in [-0.2, 0) is 14.3 Å². The quantitative estimate of drug-likeness (QED) is 0.687. The first-order chi connectivity index (χ1) is 5.99. The Kier molecular flexibility index (Phi) is 3.00. The van der Waals surface area contributed by atoms with Crippen molar-refractivity contribution in [2.24, 2.45) is 0 Å². The summed E-state index contributed by atoms with van der Waals surface area (Å²) in [7, 11) is -3.40. The molecule has 0 amide bonds. The maximum absolute atomic E-state index is 10.8. The normalized spacial score (nSPS) is 14.0. The molecule has 72 valence electrons. The molecule has 0 spiro atoms. The molecule has 1 heterocycles. The monoisotopic (exact) mass is 201 g/mol. The molecule has 0 bridgehead atoms. The lowest BCUT2D eigenvalue weighted by molar-refractivity contribution is 0.236. The van der Waals surface area contributed by atoms with Gasteiger partial charge in [-0.25, -0.2) is 0 Å². The Hall–Kier alpha value is -0.940. The van der Waals surface area contributed by atoms with Gasteiger partial charge in [0.1, 0.15) is 6.10 Å². The molecule has 0 saturated heterocycles. The van der Waals surface area contributed by atoms with Crippen LogP contribution in [0.3, 0.4) is 0 Å². The summed E-state index contributed by atoms with van der Waals surface area (Å²) in [5.41, 5.74) is 0.743. The van der Waals surface area contributed by atoms with Crippen molar-refractivity contribution in [3.63, 3.8) is 0 Å². The molecule has 0 N–H and O–H groups in total. The van der Waals surface area contributed by atoms with Crippen molar-refractivity contribution in [3.05, 3.63) is 30.1 Å². The maximum Gasteiger partial charge on any atom is 0.264 e. The summed E-state index contributed by atoms with van der Waals surface area (Å²) in [6.07, 6.45) is 3.75. The van der Waals surface area contributed by atoms with Gasteiger partial charge in [0.05, 0.1) is 6.26 Å². The van der Waals surface area contributed by atoms with Crippen molar-refractivity contribution < 1.29 is 12.6 Å². The second-order valence-corrected chi connectivity index (χ2v) is 4.33. The lowest BCUT2D eigenvalue weighted by atomic mass is 10.2. The van der Waals surface area contributed by atoms with Crippen LogP contribution in [0.5, 0.6) is 0 Å². The predicted molar refractivity (Wildman–Crippen MR) is 48.6 cm³/mol. The first-order valence-electron chi connectivity index (χ1n) is 3.77. The number of hydrogen-bond acceptors (Lipinski definition) is 4. The van der Waals surface area contributed by atoms with Gasteiger partial charge in [-0.3, -0.25) is 9.17 Å². The van der Waals surface area contributed by atoms with Crippen LogP contribution in [0.2, 0.25) is 0 Å². The molecule has 1 aromatic rings. The van der Waals surface area contributed by atoms with E-state index in [0.717, 1.165) is 11.8 Å². The average Bonchev–Trinajstić information content (AvgIpc) is 2.03. The van der Waals surface area contributed by atoms with E-state index in [2.05, 4.69) is 4.98 Å². The van der Waals surface area contributed by atoms with Gasteiger partial charge < -0.3 is 0 Å². The zero-order chi connectivity index (χ0) is 9.90. The molecule has 1 aromatic heterocycles. The lowest BCUT2D eigenvalue weighted by Crippen LogP contribution is -2.07. The van der Waals surface area contributed by atoms with Gasteiger partial charge in [0, 0.05) is 18.0 Å². The Balaban J connectivity index is 2.76. The summed E-state index contributed by atoms with van der Waals surface area (Å²) >= 11 is 0. The minimum atomic E-state index is -3.40. The van der Waals surface area contributed by atoms with E-state index >= 15 is 0 Å². The van der Waals surface area contributed by atoms with Crippen LogP contribution in [-0.4, -0.2) is 19.7 Å². The molecule has 1 unspecified atom stereocenters. The van der Waals surface area contributed by atoms with Crippen molar-refractivity contribution in [1.82, 2.24) is 4.98 Å². The standard InChI is InChI=1S/C8H11NO3S/c1-7(12-13(2,10)11)8-4-3-5-9-6-8/h3-7H,1-2H3. The average molecular weight is 201 g/mol. The third-order valence-electron chi connectivity index (χ3n) is 1.47. The number of aromatic nitrogens is 1. The molecule has 5 heteroatoms. The van der Waals surface area contributed by atoms with Gasteiger partial charge in [-0.05, 0) is 13.0 Å². The van der Waals surface area contributed by atoms with Crippen molar-refractivity contribution in [2.75, 3.05) is 6.26 Å². The topological polar surface area (TPSA) is 56.3 Å². The third kappa shape index (κ3) is 3.52. The number of pyridine rings is 1. The Morgan fingerprint density at radius 1 is 1.54 bits per heavy atom. The van der Waals surface area contributed by atoms with Crippen LogP contribution in [0.25, 0.3) is 0 Å². The molecule has 0 aliphatic heterocycles. The third-order valence-corrected chi connectivity index (χ3v) is 2.11. The summed E-state index contributed by atoms with van der Waals surface area (Å²) in [5.74, 6) is 0. The van der Waals surface area contributed by atoms with E-state index in [9.17, 15) is 8.42 Å². The summed E-state index contributed by atoms with van der Waals surface area (Å²) in [4.78, 5) is 3.86. The summed E-state index contributed by atoms with van der Waals surface area (Å²) in [6, 6.07) is 3.50.